The molecule has 9 heteroatoms. The van der Waals surface area contributed by atoms with Gasteiger partial charge < -0.3 is 14.7 Å². The summed E-state index contributed by atoms with van der Waals surface area (Å²) < 4.78 is 35.7. The number of nitrogens with zero attached hydrogens (tertiary/aromatic N) is 1. The zero-order chi connectivity index (χ0) is 24.1. The lowest BCUT2D eigenvalue weighted by molar-refractivity contribution is -0.142. The second-order valence-electron chi connectivity index (χ2n) is 8.28. The van der Waals surface area contributed by atoms with Gasteiger partial charge in [-0.2, -0.15) is 0 Å². The van der Waals surface area contributed by atoms with E-state index in [2.05, 4.69) is 16.5 Å². The first-order chi connectivity index (χ1) is 15.7. The van der Waals surface area contributed by atoms with Crippen LogP contribution in [0.25, 0.3) is 0 Å². The number of unbranched alkanes of at least 4 members (excludes halogenated alkanes) is 1. The number of para-hydroxylation sites is 1. The Morgan fingerprint density at radius 2 is 1.97 bits per heavy atom. The minimum absolute atomic E-state index is 0.0192. The van der Waals surface area contributed by atoms with Gasteiger partial charge in [-0.3, -0.25) is 0 Å². The molecule has 1 atom stereocenters. The van der Waals surface area contributed by atoms with Crippen LogP contribution < -0.4 is 9.62 Å². The Kier molecular flexibility index (Phi) is 8.44. The van der Waals surface area contributed by atoms with Gasteiger partial charge in [0.05, 0.1) is 17.8 Å². The lowest BCUT2D eigenvalue weighted by Crippen LogP contribution is -2.52. The second-order valence-corrected chi connectivity index (χ2v) is 10.8. The van der Waals surface area contributed by atoms with Crippen molar-refractivity contribution in [3.63, 3.8) is 0 Å². The molecule has 7 nitrogen and oxygen atoms in total. The Bertz CT molecular complexity index is 1080. The van der Waals surface area contributed by atoms with Crippen LogP contribution in [0.15, 0.2) is 52.3 Å². The quantitative estimate of drug-likeness (QED) is 0.461. The van der Waals surface area contributed by atoms with E-state index in [1.54, 1.807) is 6.07 Å². The SMILES string of the molecule is CCCC[C@]1(CC)CN(c2ccccc2)c2cc(SC)c(COCC(=O)O)cc2S(=O)(=O)N1. The molecule has 3 rings (SSSR count). The molecule has 0 saturated carbocycles. The summed E-state index contributed by atoms with van der Waals surface area (Å²) in [7, 11) is -3.83. The Balaban J connectivity index is 2.18. The van der Waals surface area contributed by atoms with Crippen LogP contribution in [-0.2, 0) is 26.2 Å². The summed E-state index contributed by atoms with van der Waals surface area (Å²) in [6, 6.07) is 13.3. The normalized spacial score (nSPS) is 19.7. The number of aliphatic carboxylic acids is 1. The van der Waals surface area contributed by atoms with Crippen LogP contribution in [0.4, 0.5) is 11.4 Å². The van der Waals surface area contributed by atoms with E-state index in [1.807, 2.05) is 49.6 Å². The highest BCUT2D eigenvalue weighted by Crippen LogP contribution is 2.41. The van der Waals surface area contributed by atoms with E-state index < -0.39 is 28.1 Å². The third-order valence-electron chi connectivity index (χ3n) is 5.99. The molecule has 33 heavy (non-hydrogen) atoms. The number of rotatable bonds is 10. The topological polar surface area (TPSA) is 95.9 Å². The van der Waals surface area contributed by atoms with Crippen molar-refractivity contribution in [1.29, 1.82) is 0 Å². The molecular weight excluding hydrogens is 460 g/mol. The van der Waals surface area contributed by atoms with Crippen molar-refractivity contribution in [2.24, 2.45) is 0 Å². The number of hydrogen-bond donors (Lipinski definition) is 2. The number of hydrogen-bond acceptors (Lipinski definition) is 6. The van der Waals surface area contributed by atoms with E-state index in [4.69, 9.17) is 9.84 Å². The summed E-state index contributed by atoms with van der Waals surface area (Å²) in [5.41, 5.74) is 1.59. The van der Waals surface area contributed by atoms with E-state index >= 15 is 0 Å². The number of carboxylic acids is 1. The average Bonchev–Trinajstić information content (AvgIpc) is 2.90. The molecule has 0 bridgehead atoms. The molecule has 2 aromatic rings. The van der Waals surface area contributed by atoms with E-state index in [0.29, 0.717) is 24.2 Å². The highest BCUT2D eigenvalue weighted by molar-refractivity contribution is 7.98. The predicted octanol–water partition coefficient (Wildman–Crippen LogP) is 4.78. The van der Waals surface area contributed by atoms with Crippen LogP contribution in [0, 0.1) is 0 Å². The molecule has 1 aliphatic heterocycles. The minimum atomic E-state index is -3.83. The van der Waals surface area contributed by atoms with Crippen LogP contribution in [0.2, 0.25) is 0 Å². The van der Waals surface area contributed by atoms with Crippen molar-refractivity contribution < 1.29 is 23.1 Å². The predicted molar refractivity (Wildman–Crippen MR) is 132 cm³/mol. The van der Waals surface area contributed by atoms with Gasteiger partial charge in [-0.15, -0.1) is 11.8 Å². The number of benzene rings is 2. The summed E-state index contributed by atoms with van der Waals surface area (Å²) in [6.07, 6.45) is 5.20. The Labute approximate surface area is 200 Å². The maximum absolute atomic E-state index is 13.7. The van der Waals surface area contributed by atoms with Crippen molar-refractivity contribution >= 4 is 39.1 Å². The van der Waals surface area contributed by atoms with E-state index in [-0.39, 0.29) is 11.5 Å². The fraction of sp³-hybridized carbons (Fsp3) is 0.458. The van der Waals surface area contributed by atoms with Gasteiger partial charge in [0.1, 0.15) is 11.5 Å². The Morgan fingerprint density at radius 3 is 2.58 bits per heavy atom. The standard InChI is InChI=1S/C24H32N2O5S2/c1-4-6-12-24(5-2)17-26(19-10-8-7-9-11-19)20-14-21(32-3)18(15-31-16-23(27)28)13-22(20)33(29,30)25-24/h7-11,13-14,25H,4-6,12,15-17H2,1-3H3,(H,27,28)/t24-/m1/s1. The summed E-state index contributed by atoms with van der Waals surface area (Å²) >= 11 is 1.48. The average molecular weight is 493 g/mol. The lowest BCUT2D eigenvalue weighted by atomic mass is 9.89. The largest absolute Gasteiger partial charge is 0.480 e. The fourth-order valence-corrected chi connectivity index (χ4v) is 6.52. The summed E-state index contributed by atoms with van der Waals surface area (Å²) in [6.45, 7) is 4.22. The summed E-state index contributed by atoms with van der Waals surface area (Å²) in [4.78, 5) is 14.0. The lowest BCUT2D eigenvalue weighted by Gasteiger charge is -2.36. The molecule has 0 unspecified atom stereocenters. The molecule has 0 saturated heterocycles. The molecule has 180 valence electrons. The van der Waals surface area contributed by atoms with Crippen LogP contribution in [0.3, 0.4) is 0 Å². The van der Waals surface area contributed by atoms with Gasteiger partial charge in [-0.05, 0) is 48.9 Å². The molecule has 0 radical (unpaired) electrons. The number of thioether (sulfide) groups is 1. The van der Waals surface area contributed by atoms with Gasteiger partial charge in [-0.25, -0.2) is 17.9 Å². The minimum Gasteiger partial charge on any atom is -0.480 e. The van der Waals surface area contributed by atoms with Crippen molar-refractivity contribution in [2.45, 2.75) is 61.5 Å². The van der Waals surface area contributed by atoms with Gasteiger partial charge in [0.2, 0.25) is 10.0 Å². The maximum Gasteiger partial charge on any atom is 0.329 e. The number of carboxylic acid groups (broad SMARTS) is 1. The molecule has 0 spiro atoms. The van der Waals surface area contributed by atoms with Gasteiger partial charge in [-0.1, -0.05) is 44.9 Å². The molecule has 1 heterocycles. The zero-order valence-corrected chi connectivity index (χ0v) is 21.0. The van der Waals surface area contributed by atoms with Gasteiger partial charge in [0, 0.05) is 17.1 Å². The van der Waals surface area contributed by atoms with Crippen molar-refractivity contribution in [1.82, 2.24) is 4.72 Å². The number of sulfonamides is 1. The van der Waals surface area contributed by atoms with Crippen molar-refractivity contribution in [2.75, 3.05) is 24.3 Å². The van der Waals surface area contributed by atoms with E-state index in [1.165, 1.54) is 11.8 Å². The molecule has 0 amide bonds. The zero-order valence-electron chi connectivity index (χ0n) is 19.3. The number of ether oxygens (including phenoxy) is 1. The number of carbonyl (C=O) groups is 1. The number of nitrogens with one attached hydrogen (secondary N) is 1. The van der Waals surface area contributed by atoms with Crippen LogP contribution in [0.5, 0.6) is 0 Å². The molecule has 2 aromatic carbocycles. The highest BCUT2D eigenvalue weighted by atomic mass is 32.2. The monoisotopic (exact) mass is 492 g/mol. The van der Waals surface area contributed by atoms with Gasteiger partial charge in [0.25, 0.3) is 0 Å². The second kappa shape index (κ2) is 10.9. The molecule has 0 aliphatic carbocycles. The van der Waals surface area contributed by atoms with Crippen molar-refractivity contribution in [3.05, 3.63) is 48.0 Å². The first kappa shape index (κ1) is 25.6. The van der Waals surface area contributed by atoms with Gasteiger partial charge in [0.15, 0.2) is 0 Å². The third-order valence-corrected chi connectivity index (χ3v) is 8.42. The number of anilines is 2. The van der Waals surface area contributed by atoms with Crippen LogP contribution in [-0.4, -0.2) is 44.4 Å². The fourth-order valence-electron chi connectivity index (χ4n) is 4.17. The molecule has 2 N–H and O–H groups in total. The van der Waals surface area contributed by atoms with Gasteiger partial charge >= 0.3 is 5.97 Å². The highest BCUT2D eigenvalue weighted by Gasteiger charge is 2.41. The van der Waals surface area contributed by atoms with Crippen LogP contribution in [0.1, 0.15) is 45.1 Å². The third kappa shape index (κ3) is 5.90. The van der Waals surface area contributed by atoms with E-state index in [9.17, 15) is 13.2 Å². The number of fused-ring (bicyclic) bond motifs is 1. The Morgan fingerprint density at radius 1 is 1.24 bits per heavy atom. The first-order valence-corrected chi connectivity index (χ1v) is 13.8. The van der Waals surface area contributed by atoms with E-state index in [0.717, 1.165) is 29.8 Å². The maximum atomic E-state index is 13.7. The molecular formula is C24H32N2O5S2. The van der Waals surface area contributed by atoms with Crippen LogP contribution >= 0.6 is 11.8 Å². The smallest absolute Gasteiger partial charge is 0.329 e. The molecule has 0 fully saturated rings. The summed E-state index contributed by atoms with van der Waals surface area (Å²) in [5, 5.41) is 8.90. The molecule has 0 aromatic heterocycles. The first-order valence-electron chi connectivity index (χ1n) is 11.1. The Hall–Kier alpha value is -2.07. The summed E-state index contributed by atoms with van der Waals surface area (Å²) in [5.74, 6) is -1.07. The van der Waals surface area contributed by atoms with Crippen molar-refractivity contribution in [3.8, 4) is 0 Å². The molecule has 1 aliphatic rings.